The average molecular weight is 260 g/mol. The lowest BCUT2D eigenvalue weighted by molar-refractivity contribution is -0.384. The molecule has 19 heavy (non-hydrogen) atoms. The number of nitro groups is 1. The Morgan fingerprint density at radius 1 is 1.37 bits per heavy atom. The SMILES string of the molecule is O=c1cnnc(N/N=C/c2ccc([N+](=O)[O-])cc2)[nH]1. The van der Waals surface area contributed by atoms with Crippen LogP contribution in [0.1, 0.15) is 5.56 Å². The van der Waals surface area contributed by atoms with E-state index in [4.69, 9.17) is 0 Å². The largest absolute Gasteiger partial charge is 0.289 e. The highest BCUT2D eigenvalue weighted by atomic mass is 16.6. The molecule has 1 aromatic heterocycles. The van der Waals surface area contributed by atoms with Crippen molar-refractivity contribution in [2.75, 3.05) is 5.43 Å². The minimum atomic E-state index is -0.483. The van der Waals surface area contributed by atoms with E-state index < -0.39 is 10.5 Å². The number of non-ortho nitro benzene ring substituents is 1. The highest BCUT2D eigenvalue weighted by Gasteiger charge is 2.02. The zero-order valence-corrected chi connectivity index (χ0v) is 9.48. The van der Waals surface area contributed by atoms with Gasteiger partial charge in [0.25, 0.3) is 11.2 Å². The van der Waals surface area contributed by atoms with Crippen LogP contribution < -0.4 is 11.0 Å². The molecule has 2 N–H and O–H groups in total. The van der Waals surface area contributed by atoms with Crippen LogP contribution >= 0.6 is 0 Å². The molecule has 9 heteroatoms. The Morgan fingerprint density at radius 3 is 2.74 bits per heavy atom. The quantitative estimate of drug-likeness (QED) is 0.468. The zero-order valence-electron chi connectivity index (χ0n) is 9.48. The number of aromatic amines is 1. The number of H-pyrrole nitrogens is 1. The maximum absolute atomic E-state index is 10.9. The van der Waals surface area contributed by atoms with E-state index in [9.17, 15) is 14.9 Å². The maximum Gasteiger partial charge on any atom is 0.271 e. The van der Waals surface area contributed by atoms with Crippen LogP contribution in [0, 0.1) is 10.1 Å². The average Bonchev–Trinajstić information content (AvgIpc) is 2.39. The second kappa shape index (κ2) is 5.49. The van der Waals surface area contributed by atoms with Crippen LogP contribution in [-0.2, 0) is 0 Å². The van der Waals surface area contributed by atoms with Gasteiger partial charge < -0.3 is 0 Å². The fourth-order valence-electron chi connectivity index (χ4n) is 1.21. The fraction of sp³-hybridized carbons (Fsp3) is 0. The maximum atomic E-state index is 10.9. The molecular formula is C10H8N6O3. The Hall–Kier alpha value is -3.10. The summed E-state index contributed by atoms with van der Waals surface area (Å²) in [5, 5.41) is 21.3. The van der Waals surface area contributed by atoms with E-state index in [2.05, 4.69) is 25.7 Å². The standard InChI is InChI=1S/C10H8N6O3/c17-9-6-12-15-10(13-9)14-11-5-7-1-3-8(4-2-7)16(18)19/h1-6H,(H2,13,14,15,17)/b11-5+. The Kier molecular flexibility index (Phi) is 3.57. The Labute approximate surface area is 106 Å². The van der Waals surface area contributed by atoms with Gasteiger partial charge in [0.2, 0.25) is 5.95 Å². The Bertz CT molecular complexity index is 663. The fourth-order valence-corrected chi connectivity index (χ4v) is 1.21. The van der Waals surface area contributed by atoms with Gasteiger partial charge in [0.15, 0.2) is 0 Å². The van der Waals surface area contributed by atoms with E-state index in [0.717, 1.165) is 6.20 Å². The summed E-state index contributed by atoms with van der Waals surface area (Å²) >= 11 is 0. The van der Waals surface area contributed by atoms with Crippen molar-refractivity contribution >= 4 is 17.9 Å². The van der Waals surface area contributed by atoms with Gasteiger partial charge >= 0.3 is 0 Å². The summed E-state index contributed by atoms with van der Waals surface area (Å²) < 4.78 is 0. The minimum Gasteiger partial charge on any atom is -0.289 e. The molecule has 2 aromatic rings. The number of rotatable bonds is 4. The number of hydrogen-bond acceptors (Lipinski definition) is 7. The van der Waals surface area contributed by atoms with Crippen LogP contribution in [0.15, 0.2) is 40.4 Å². The monoisotopic (exact) mass is 260 g/mol. The molecule has 0 aliphatic rings. The normalized spacial score (nSPS) is 10.5. The van der Waals surface area contributed by atoms with Gasteiger partial charge in [0.1, 0.15) is 6.20 Å². The van der Waals surface area contributed by atoms with Crippen molar-refractivity contribution in [3.8, 4) is 0 Å². The Balaban J connectivity index is 2.03. The van der Waals surface area contributed by atoms with E-state index >= 15 is 0 Å². The number of benzene rings is 1. The molecule has 9 nitrogen and oxygen atoms in total. The molecule has 2 rings (SSSR count). The van der Waals surface area contributed by atoms with Crippen molar-refractivity contribution in [1.82, 2.24) is 15.2 Å². The summed E-state index contributed by atoms with van der Waals surface area (Å²) in [5.74, 6) is 0.102. The molecule has 0 fully saturated rings. The summed E-state index contributed by atoms with van der Waals surface area (Å²) in [6.07, 6.45) is 2.46. The second-order valence-corrected chi connectivity index (χ2v) is 3.40. The van der Waals surface area contributed by atoms with Crippen molar-refractivity contribution in [3.63, 3.8) is 0 Å². The minimum absolute atomic E-state index is 0.00312. The third kappa shape index (κ3) is 3.43. The van der Waals surface area contributed by atoms with Crippen molar-refractivity contribution in [3.05, 3.63) is 56.5 Å². The van der Waals surface area contributed by atoms with Crippen molar-refractivity contribution in [1.29, 1.82) is 0 Å². The van der Waals surface area contributed by atoms with Crippen LogP contribution in [0.3, 0.4) is 0 Å². The molecule has 0 aliphatic carbocycles. The van der Waals surface area contributed by atoms with E-state index in [1.807, 2.05) is 0 Å². The van der Waals surface area contributed by atoms with Gasteiger partial charge in [-0.3, -0.25) is 19.9 Å². The number of nitrogens with one attached hydrogen (secondary N) is 2. The van der Waals surface area contributed by atoms with Gasteiger partial charge in [-0.05, 0) is 17.7 Å². The molecule has 1 heterocycles. The number of hydrazone groups is 1. The molecule has 0 saturated heterocycles. The summed E-state index contributed by atoms with van der Waals surface area (Å²) in [7, 11) is 0. The van der Waals surface area contributed by atoms with Crippen LogP contribution in [0.5, 0.6) is 0 Å². The third-order valence-corrected chi connectivity index (χ3v) is 2.06. The molecule has 0 amide bonds. The molecule has 0 atom stereocenters. The van der Waals surface area contributed by atoms with Crippen molar-refractivity contribution < 1.29 is 4.92 Å². The van der Waals surface area contributed by atoms with E-state index in [0.29, 0.717) is 5.56 Å². The molecule has 96 valence electrons. The smallest absolute Gasteiger partial charge is 0.271 e. The van der Waals surface area contributed by atoms with Gasteiger partial charge in [-0.15, -0.1) is 10.2 Å². The first-order chi connectivity index (χ1) is 9.15. The lowest BCUT2D eigenvalue weighted by Crippen LogP contribution is -2.10. The lowest BCUT2D eigenvalue weighted by atomic mass is 10.2. The van der Waals surface area contributed by atoms with Crippen LogP contribution in [0.4, 0.5) is 11.6 Å². The summed E-state index contributed by atoms with van der Waals surface area (Å²) in [6, 6.07) is 5.82. The third-order valence-electron chi connectivity index (χ3n) is 2.06. The lowest BCUT2D eigenvalue weighted by Gasteiger charge is -1.96. The van der Waals surface area contributed by atoms with Gasteiger partial charge in [-0.25, -0.2) is 5.43 Å². The van der Waals surface area contributed by atoms with E-state index in [1.165, 1.54) is 18.3 Å². The summed E-state index contributed by atoms with van der Waals surface area (Å²) in [5.41, 5.74) is 2.74. The van der Waals surface area contributed by atoms with Gasteiger partial charge in [0, 0.05) is 12.1 Å². The topological polar surface area (TPSA) is 126 Å². The summed E-state index contributed by atoms with van der Waals surface area (Å²) in [4.78, 5) is 23.3. The molecule has 1 aromatic carbocycles. The second-order valence-electron chi connectivity index (χ2n) is 3.40. The number of nitrogens with zero attached hydrogens (tertiary/aromatic N) is 4. The first-order valence-electron chi connectivity index (χ1n) is 5.11. The molecule has 0 saturated carbocycles. The van der Waals surface area contributed by atoms with Gasteiger partial charge in [0.05, 0.1) is 11.1 Å². The van der Waals surface area contributed by atoms with Crippen molar-refractivity contribution in [2.45, 2.75) is 0 Å². The van der Waals surface area contributed by atoms with Crippen molar-refractivity contribution in [2.24, 2.45) is 5.10 Å². The predicted molar refractivity (Wildman–Crippen MR) is 67.0 cm³/mol. The number of nitro benzene ring substituents is 1. The van der Waals surface area contributed by atoms with Crippen LogP contribution in [-0.4, -0.2) is 26.3 Å². The highest BCUT2D eigenvalue weighted by Crippen LogP contribution is 2.10. The van der Waals surface area contributed by atoms with Gasteiger partial charge in [-0.1, -0.05) is 0 Å². The molecule has 0 aliphatic heterocycles. The van der Waals surface area contributed by atoms with E-state index in [1.54, 1.807) is 12.1 Å². The van der Waals surface area contributed by atoms with Crippen LogP contribution in [0.2, 0.25) is 0 Å². The molecule has 0 spiro atoms. The Morgan fingerprint density at radius 2 is 2.11 bits per heavy atom. The zero-order chi connectivity index (χ0) is 13.7. The number of hydrogen-bond donors (Lipinski definition) is 2. The first kappa shape index (κ1) is 12.4. The predicted octanol–water partition coefficient (Wildman–Crippen LogP) is 0.519. The first-order valence-corrected chi connectivity index (χ1v) is 5.11. The highest BCUT2D eigenvalue weighted by molar-refractivity contribution is 5.80. The number of anilines is 1. The van der Waals surface area contributed by atoms with Gasteiger partial charge in [-0.2, -0.15) is 5.10 Å². The molecule has 0 unspecified atom stereocenters. The molecular weight excluding hydrogens is 252 g/mol. The molecule has 0 radical (unpaired) electrons. The summed E-state index contributed by atoms with van der Waals surface area (Å²) in [6.45, 7) is 0. The van der Waals surface area contributed by atoms with E-state index in [-0.39, 0.29) is 11.6 Å². The number of aromatic nitrogens is 3. The van der Waals surface area contributed by atoms with Crippen LogP contribution in [0.25, 0.3) is 0 Å². The molecule has 0 bridgehead atoms.